The molecule has 198 valence electrons. The van der Waals surface area contributed by atoms with Gasteiger partial charge in [0, 0.05) is 31.5 Å². The quantitative estimate of drug-likeness (QED) is 0.266. The van der Waals surface area contributed by atoms with Gasteiger partial charge in [-0.15, -0.1) is 0 Å². The molecule has 1 N–H and O–H groups in total. The minimum atomic E-state index is -0.930. The summed E-state index contributed by atoms with van der Waals surface area (Å²) < 4.78 is 21.5. The number of hydrogen-bond donors (Lipinski definition) is 1. The molecule has 0 aromatic heterocycles. The number of Topliss-reactive ketones (excluding diaryl/α,β-unsaturated/α-hetero) is 1. The van der Waals surface area contributed by atoms with Gasteiger partial charge in [-0.3, -0.25) is 14.5 Å². The van der Waals surface area contributed by atoms with Crippen molar-refractivity contribution in [2.75, 3.05) is 52.3 Å². The molecule has 1 fully saturated rings. The van der Waals surface area contributed by atoms with Gasteiger partial charge in [-0.1, -0.05) is 12.1 Å². The van der Waals surface area contributed by atoms with Crippen molar-refractivity contribution < 1.29 is 33.6 Å². The summed E-state index contributed by atoms with van der Waals surface area (Å²) in [4.78, 5) is 30.4. The molecule has 38 heavy (non-hydrogen) atoms. The second-order valence-corrected chi connectivity index (χ2v) is 8.76. The average Bonchev–Trinajstić information content (AvgIpc) is 3.21. The lowest BCUT2D eigenvalue weighted by Crippen LogP contribution is -2.29. The van der Waals surface area contributed by atoms with Crippen LogP contribution in [0.5, 0.6) is 23.0 Å². The van der Waals surface area contributed by atoms with Gasteiger partial charge in [0.2, 0.25) is 0 Å². The number of methoxy groups -OCH3 is 4. The van der Waals surface area contributed by atoms with Crippen LogP contribution >= 0.6 is 0 Å². The van der Waals surface area contributed by atoms with Crippen LogP contribution in [-0.2, 0) is 9.59 Å². The molecular formula is C29H30N2O7. The van der Waals surface area contributed by atoms with Crippen molar-refractivity contribution in [2.24, 2.45) is 0 Å². The Morgan fingerprint density at radius 1 is 0.789 bits per heavy atom. The molecule has 1 unspecified atom stereocenters. The normalized spacial score (nSPS) is 16.4. The predicted molar refractivity (Wildman–Crippen MR) is 145 cm³/mol. The highest BCUT2D eigenvalue weighted by Gasteiger charge is 2.47. The van der Waals surface area contributed by atoms with E-state index < -0.39 is 17.7 Å². The summed E-state index contributed by atoms with van der Waals surface area (Å²) in [6, 6.07) is 16.3. The van der Waals surface area contributed by atoms with Crippen molar-refractivity contribution in [3.8, 4) is 23.0 Å². The SMILES string of the molecule is COc1ccc(OC)c(/C(O)=C2\C(=O)C(=O)N(c3ccc(OC)c(OC)c3)C2c2ccc(N(C)C)cc2)c1. The molecule has 1 heterocycles. The Morgan fingerprint density at radius 3 is 2.00 bits per heavy atom. The summed E-state index contributed by atoms with van der Waals surface area (Å²) in [5.74, 6) is -0.352. The number of anilines is 2. The van der Waals surface area contributed by atoms with Gasteiger partial charge in [-0.25, -0.2) is 0 Å². The molecule has 3 aromatic carbocycles. The van der Waals surface area contributed by atoms with Crippen molar-refractivity contribution >= 4 is 28.8 Å². The highest BCUT2D eigenvalue weighted by atomic mass is 16.5. The molecule has 0 aliphatic carbocycles. The van der Waals surface area contributed by atoms with Gasteiger partial charge >= 0.3 is 0 Å². The molecular weight excluding hydrogens is 488 g/mol. The molecule has 0 saturated carbocycles. The predicted octanol–water partition coefficient (Wildman–Crippen LogP) is 4.41. The van der Waals surface area contributed by atoms with Crippen molar-refractivity contribution in [2.45, 2.75) is 6.04 Å². The minimum absolute atomic E-state index is 0.0751. The number of carbonyl (C=O) groups excluding carboxylic acids is 2. The van der Waals surface area contributed by atoms with Crippen LogP contribution in [0.25, 0.3) is 5.76 Å². The molecule has 4 rings (SSSR count). The summed E-state index contributed by atoms with van der Waals surface area (Å²) >= 11 is 0. The number of nitrogens with zero attached hydrogens (tertiary/aromatic N) is 2. The summed E-state index contributed by atoms with van der Waals surface area (Å²) in [6.45, 7) is 0. The molecule has 0 bridgehead atoms. The second kappa shape index (κ2) is 10.8. The fraction of sp³-hybridized carbons (Fsp3) is 0.241. The summed E-state index contributed by atoms with van der Waals surface area (Å²) in [7, 11) is 9.78. The third-order valence-electron chi connectivity index (χ3n) is 6.48. The molecule has 1 saturated heterocycles. The number of carbonyl (C=O) groups is 2. The maximum Gasteiger partial charge on any atom is 0.300 e. The summed E-state index contributed by atoms with van der Waals surface area (Å²) in [6.07, 6.45) is 0. The molecule has 9 nitrogen and oxygen atoms in total. The van der Waals surface area contributed by atoms with Crippen LogP contribution in [0.2, 0.25) is 0 Å². The number of ketones is 1. The van der Waals surface area contributed by atoms with Crippen molar-refractivity contribution in [1.82, 2.24) is 0 Å². The monoisotopic (exact) mass is 518 g/mol. The fourth-order valence-electron chi connectivity index (χ4n) is 4.49. The number of hydrogen-bond acceptors (Lipinski definition) is 8. The number of aliphatic hydroxyl groups is 1. The summed E-state index contributed by atoms with van der Waals surface area (Å²) in [5.41, 5.74) is 2.13. The van der Waals surface area contributed by atoms with E-state index in [1.165, 1.54) is 33.3 Å². The molecule has 0 radical (unpaired) electrons. The first kappa shape index (κ1) is 26.4. The Bertz CT molecular complexity index is 1400. The zero-order valence-corrected chi connectivity index (χ0v) is 22.1. The Hall–Kier alpha value is -4.66. The lowest BCUT2D eigenvalue weighted by Gasteiger charge is -2.26. The third kappa shape index (κ3) is 4.58. The van der Waals surface area contributed by atoms with E-state index in [0.717, 1.165) is 5.69 Å². The van der Waals surface area contributed by atoms with E-state index in [4.69, 9.17) is 18.9 Å². The van der Waals surface area contributed by atoms with E-state index in [2.05, 4.69) is 0 Å². The van der Waals surface area contributed by atoms with Crippen LogP contribution in [0, 0.1) is 0 Å². The zero-order valence-electron chi connectivity index (χ0n) is 22.1. The van der Waals surface area contributed by atoms with Gasteiger partial charge < -0.3 is 29.0 Å². The van der Waals surface area contributed by atoms with E-state index >= 15 is 0 Å². The fourth-order valence-corrected chi connectivity index (χ4v) is 4.49. The third-order valence-corrected chi connectivity index (χ3v) is 6.48. The van der Waals surface area contributed by atoms with Crippen molar-refractivity contribution in [3.63, 3.8) is 0 Å². The zero-order chi connectivity index (χ0) is 27.6. The Balaban J connectivity index is 1.98. The van der Waals surface area contributed by atoms with Crippen LogP contribution in [0.3, 0.4) is 0 Å². The standard InChI is InChI=1S/C29H30N2O7/c1-30(2)18-9-7-17(8-10-18)26-25(27(32)21-16-20(35-3)12-14-22(21)36-4)28(33)29(34)31(26)19-11-13-23(37-5)24(15-19)38-6/h7-16,26,32H,1-6H3/b27-25+. The van der Waals surface area contributed by atoms with E-state index in [1.54, 1.807) is 36.4 Å². The topological polar surface area (TPSA) is 97.8 Å². The Kier molecular flexibility index (Phi) is 7.47. The molecule has 3 aromatic rings. The maximum atomic E-state index is 13.5. The summed E-state index contributed by atoms with van der Waals surface area (Å²) in [5, 5.41) is 11.6. The van der Waals surface area contributed by atoms with E-state index in [-0.39, 0.29) is 16.9 Å². The first-order chi connectivity index (χ1) is 18.2. The van der Waals surface area contributed by atoms with Gasteiger partial charge in [-0.05, 0) is 48.0 Å². The van der Waals surface area contributed by atoms with Crippen LogP contribution < -0.4 is 28.7 Å². The van der Waals surface area contributed by atoms with Crippen LogP contribution in [0.15, 0.2) is 66.2 Å². The number of ether oxygens (including phenoxy) is 4. The lowest BCUT2D eigenvalue weighted by atomic mass is 9.94. The number of rotatable bonds is 8. The van der Waals surface area contributed by atoms with Crippen LogP contribution in [-0.4, -0.2) is 59.3 Å². The van der Waals surface area contributed by atoms with E-state index in [0.29, 0.717) is 34.2 Å². The minimum Gasteiger partial charge on any atom is -0.507 e. The highest BCUT2D eigenvalue weighted by Crippen LogP contribution is 2.45. The van der Waals surface area contributed by atoms with E-state index in [1.807, 2.05) is 43.3 Å². The van der Waals surface area contributed by atoms with Gasteiger partial charge in [0.05, 0.1) is 45.6 Å². The number of benzene rings is 3. The molecule has 9 heteroatoms. The molecule has 1 amide bonds. The largest absolute Gasteiger partial charge is 0.507 e. The van der Waals surface area contributed by atoms with E-state index in [9.17, 15) is 14.7 Å². The molecule has 1 atom stereocenters. The molecule has 1 aliphatic heterocycles. The first-order valence-corrected chi connectivity index (χ1v) is 11.8. The van der Waals surface area contributed by atoms with Gasteiger partial charge in [0.25, 0.3) is 11.7 Å². The maximum absolute atomic E-state index is 13.5. The Labute approximate surface area is 221 Å². The van der Waals surface area contributed by atoms with Gasteiger partial charge in [-0.2, -0.15) is 0 Å². The number of amides is 1. The van der Waals surface area contributed by atoms with Gasteiger partial charge in [0.15, 0.2) is 11.5 Å². The lowest BCUT2D eigenvalue weighted by molar-refractivity contribution is -0.132. The van der Waals surface area contributed by atoms with Crippen molar-refractivity contribution in [1.29, 1.82) is 0 Å². The molecule has 1 aliphatic rings. The van der Waals surface area contributed by atoms with Crippen molar-refractivity contribution in [3.05, 3.63) is 77.4 Å². The van der Waals surface area contributed by atoms with Crippen LogP contribution in [0.4, 0.5) is 11.4 Å². The highest BCUT2D eigenvalue weighted by molar-refractivity contribution is 6.51. The second-order valence-electron chi connectivity index (χ2n) is 8.76. The van der Waals surface area contributed by atoms with Gasteiger partial charge in [0.1, 0.15) is 17.3 Å². The Morgan fingerprint density at radius 2 is 1.42 bits per heavy atom. The average molecular weight is 519 g/mol. The number of aliphatic hydroxyl groups excluding tert-OH is 1. The van der Waals surface area contributed by atoms with Crippen LogP contribution in [0.1, 0.15) is 17.2 Å². The molecule has 0 spiro atoms. The smallest absolute Gasteiger partial charge is 0.300 e. The first-order valence-electron chi connectivity index (χ1n) is 11.8.